The number of aromatic nitrogens is 1. The van der Waals surface area contributed by atoms with E-state index in [0.717, 1.165) is 11.1 Å². The number of nitrogens with zero attached hydrogens (tertiary/aromatic N) is 1. The monoisotopic (exact) mass is 296 g/mol. The van der Waals surface area contributed by atoms with Crippen LogP contribution < -0.4 is 10.5 Å². The predicted molar refractivity (Wildman–Crippen MR) is 77.9 cm³/mol. The summed E-state index contributed by atoms with van der Waals surface area (Å²) in [5.74, 6) is 0.590. The number of nitrogens with two attached hydrogens (primary N) is 1. The summed E-state index contributed by atoms with van der Waals surface area (Å²) in [6.45, 7) is 0. The highest BCUT2D eigenvalue weighted by atomic mass is 35.5. The van der Waals surface area contributed by atoms with Crippen LogP contribution in [0.2, 0.25) is 10.0 Å². The summed E-state index contributed by atoms with van der Waals surface area (Å²) in [5, 5.41) is 1.05. The van der Waals surface area contributed by atoms with Crippen LogP contribution in [-0.4, -0.2) is 12.1 Å². The number of methoxy groups -OCH3 is 1. The molecule has 2 N–H and O–H groups in total. The van der Waals surface area contributed by atoms with Crippen molar-refractivity contribution in [2.45, 2.75) is 12.5 Å². The molecule has 5 heteroatoms. The zero-order valence-electron chi connectivity index (χ0n) is 10.4. The number of pyridine rings is 1. The number of hydrogen-bond acceptors (Lipinski definition) is 3. The molecule has 0 amide bonds. The molecule has 0 aliphatic rings. The van der Waals surface area contributed by atoms with Crippen LogP contribution in [0.1, 0.15) is 17.2 Å². The van der Waals surface area contributed by atoms with Crippen LogP contribution in [0.5, 0.6) is 5.88 Å². The average Bonchev–Trinajstić information content (AvgIpc) is 2.42. The molecule has 0 bridgehead atoms. The average molecular weight is 297 g/mol. The zero-order chi connectivity index (χ0) is 13.8. The topological polar surface area (TPSA) is 48.1 Å². The van der Waals surface area contributed by atoms with Crippen LogP contribution >= 0.6 is 23.2 Å². The fourth-order valence-electron chi connectivity index (χ4n) is 1.77. The molecular formula is C14H14Cl2N2O. The van der Waals surface area contributed by atoms with Gasteiger partial charge in [-0.2, -0.15) is 0 Å². The molecule has 100 valence electrons. The molecular weight excluding hydrogens is 283 g/mol. The first-order chi connectivity index (χ1) is 9.10. The van der Waals surface area contributed by atoms with Crippen LogP contribution in [0.4, 0.5) is 0 Å². The van der Waals surface area contributed by atoms with Gasteiger partial charge in [0, 0.05) is 18.3 Å². The molecule has 1 unspecified atom stereocenters. The number of halogens is 2. The van der Waals surface area contributed by atoms with Gasteiger partial charge in [0.25, 0.3) is 0 Å². The number of hydrogen-bond donors (Lipinski definition) is 1. The highest BCUT2D eigenvalue weighted by molar-refractivity contribution is 6.42. The lowest BCUT2D eigenvalue weighted by Gasteiger charge is -2.13. The number of benzene rings is 1. The van der Waals surface area contributed by atoms with Crippen molar-refractivity contribution in [1.82, 2.24) is 4.98 Å². The predicted octanol–water partition coefficient (Wildman–Crippen LogP) is 3.64. The summed E-state index contributed by atoms with van der Waals surface area (Å²) in [4.78, 5) is 4.15. The van der Waals surface area contributed by atoms with Gasteiger partial charge in [-0.1, -0.05) is 35.3 Å². The lowest BCUT2D eigenvalue weighted by atomic mass is 10.0. The van der Waals surface area contributed by atoms with Crippen molar-refractivity contribution in [2.24, 2.45) is 5.73 Å². The Kier molecular flexibility index (Phi) is 4.64. The molecule has 1 atom stereocenters. The van der Waals surface area contributed by atoms with E-state index < -0.39 is 0 Å². The van der Waals surface area contributed by atoms with E-state index in [-0.39, 0.29) is 6.04 Å². The molecule has 0 saturated carbocycles. The summed E-state index contributed by atoms with van der Waals surface area (Å²) in [6.07, 6.45) is 2.44. The highest BCUT2D eigenvalue weighted by Gasteiger charge is 2.09. The third kappa shape index (κ3) is 3.60. The Hall–Kier alpha value is -1.29. The van der Waals surface area contributed by atoms with Gasteiger partial charge in [-0.25, -0.2) is 4.98 Å². The summed E-state index contributed by atoms with van der Waals surface area (Å²) in [7, 11) is 1.59. The first kappa shape index (κ1) is 14.1. The second-order valence-corrected chi connectivity index (χ2v) is 5.01. The van der Waals surface area contributed by atoms with Gasteiger partial charge in [-0.05, 0) is 29.7 Å². The van der Waals surface area contributed by atoms with E-state index in [1.54, 1.807) is 25.4 Å². The Labute approximate surface area is 122 Å². The Bertz CT molecular complexity index is 558. The third-order valence-electron chi connectivity index (χ3n) is 2.83. The van der Waals surface area contributed by atoms with Gasteiger partial charge >= 0.3 is 0 Å². The molecule has 1 heterocycles. The van der Waals surface area contributed by atoms with Crippen molar-refractivity contribution >= 4 is 23.2 Å². The van der Waals surface area contributed by atoms with Crippen LogP contribution in [0.3, 0.4) is 0 Å². The Morgan fingerprint density at radius 1 is 1.21 bits per heavy atom. The van der Waals surface area contributed by atoms with Gasteiger partial charge in [-0.15, -0.1) is 0 Å². The first-order valence-electron chi connectivity index (χ1n) is 5.79. The Morgan fingerprint density at radius 3 is 2.58 bits per heavy atom. The fourth-order valence-corrected chi connectivity index (χ4v) is 2.07. The maximum absolute atomic E-state index is 6.16. The molecule has 0 fully saturated rings. The van der Waals surface area contributed by atoms with Gasteiger partial charge < -0.3 is 10.5 Å². The molecule has 1 aromatic heterocycles. The maximum Gasteiger partial charge on any atom is 0.212 e. The van der Waals surface area contributed by atoms with Crippen molar-refractivity contribution in [3.8, 4) is 5.88 Å². The summed E-state index contributed by atoms with van der Waals surface area (Å²) in [5.41, 5.74) is 8.15. The largest absolute Gasteiger partial charge is 0.481 e. The van der Waals surface area contributed by atoms with Crippen molar-refractivity contribution < 1.29 is 4.74 Å². The van der Waals surface area contributed by atoms with Crippen LogP contribution in [-0.2, 0) is 6.42 Å². The van der Waals surface area contributed by atoms with E-state index >= 15 is 0 Å². The smallest absolute Gasteiger partial charge is 0.212 e. The quantitative estimate of drug-likeness (QED) is 0.937. The van der Waals surface area contributed by atoms with Crippen LogP contribution in [0, 0.1) is 0 Å². The van der Waals surface area contributed by atoms with E-state index in [9.17, 15) is 0 Å². The van der Waals surface area contributed by atoms with Crippen molar-refractivity contribution in [1.29, 1.82) is 0 Å². The SMILES string of the molecule is COc1ccc(CC(N)c2ccc(Cl)c(Cl)c2)cn1. The third-order valence-corrected chi connectivity index (χ3v) is 3.57. The van der Waals surface area contributed by atoms with Gasteiger partial charge in [0.15, 0.2) is 0 Å². The summed E-state index contributed by atoms with van der Waals surface area (Å²) in [6, 6.07) is 9.05. The molecule has 0 aliphatic heterocycles. The molecule has 3 nitrogen and oxygen atoms in total. The number of ether oxygens (including phenoxy) is 1. The highest BCUT2D eigenvalue weighted by Crippen LogP contribution is 2.26. The van der Waals surface area contributed by atoms with E-state index in [1.165, 1.54) is 0 Å². The lowest BCUT2D eigenvalue weighted by molar-refractivity contribution is 0.397. The minimum absolute atomic E-state index is 0.148. The van der Waals surface area contributed by atoms with E-state index in [1.807, 2.05) is 18.2 Å². The molecule has 19 heavy (non-hydrogen) atoms. The molecule has 0 aliphatic carbocycles. The summed E-state index contributed by atoms with van der Waals surface area (Å²) < 4.78 is 5.01. The molecule has 0 saturated heterocycles. The van der Waals surface area contributed by atoms with Crippen LogP contribution in [0.25, 0.3) is 0 Å². The maximum atomic E-state index is 6.16. The molecule has 2 aromatic rings. The van der Waals surface area contributed by atoms with Gasteiger partial charge in [0.1, 0.15) is 0 Å². The fraction of sp³-hybridized carbons (Fsp3) is 0.214. The molecule has 0 radical (unpaired) electrons. The lowest BCUT2D eigenvalue weighted by Crippen LogP contribution is -2.13. The second kappa shape index (κ2) is 6.24. The van der Waals surface area contributed by atoms with Gasteiger partial charge in [0.2, 0.25) is 5.88 Å². The second-order valence-electron chi connectivity index (χ2n) is 4.19. The summed E-state index contributed by atoms with van der Waals surface area (Å²) >= 11 is 11.9. The minimum Gasteiger partial charge on any atom is -0.481 e. The van der Waals surface area contributed by atoms with Gasteiger partial charge in [-0.3, -0.25) is 0 Å². The van der Waals surface area contributed by atoms with E-state index in [4.69, 9.17) is 33.7 Å². The molecule has 0 spiro atoms. The van der Waals surface area contributed by atoms with E-state index in [0.29, 0.717) is 22.3 Å². The van der Waals surface area contributed by atoms with E-state index in [2.05, 4.69) is 4.98 Å². The molecule has 2 rings (SSSR count). The van der Waals surface area contributed by atoms with Crippen LogP contribution in [0.15, 0.2) is 36.5 Å². The number of rotatable bonds is 4. The van der Waals surface area contributed by atoms with Gasteiger partial charge in [0.05, 0.1) is 17.2 Å². The zero-order valence-corrected chi connectivity index (χ0v) is 11.9. The Balaban J connectivity index is 2.10. The standard InChI is InChI=1S/C14H14Cl2N2O/c1-19-14-5-2-9(8-18-14)6-13(17)10-3-4-11(15)12(16)7-10/h2-5,7-8,13H,6,17H2,1H3. The minimum atomic E-state index is -0.148. The Morgan fingerprint density at radius 2 is 2.00 bits per heavy atom. The van der Waals surface area contributed by atoms with Crippen molar-refractivity contribution in [3.05, 3.63) is 57.7 Å². The normalized spacial score (nSPS) is 12.2. The molecule has 1 aromatic carbocycles. The first-order valence-corrected chi connectivity index (χ1v) is 6.55. The van der Waals surface area contributed by atoms with Crippen molar-refractivity contribution in [3.63, 3.8) is 0 Å². The van der Waals surface area contributed by atoms with Crippen molar-refractivity contribution in [2.75, 3.05) is 7.11 Å².